The van der Waals surface area contributed by atoms with Crippen LogP contribution in [0.1, 0.15) is 11.1 Å². The lowest BCUT2D eigenvalue weighted by atomic mass is 10.1. The molecule has 0 spiro atoms. The number of hydrogen-bond donors (Lipinski definition) is 1. The third-order valence-corrected chi connectivity index (χ3v) is 3.16. The van der Waals surface area contributed by atoms with Gasteiger partial charge in [-0.25, -0.2) is 9.18 Å². The Labute approximate surface area is 139 Å². The Morgan fingerprint density at radius 3 is 2.62 bits per heavy atom. The molecule has 24 heavy (non-hydrogen) atoms. The highest BCUT2D eigenvalue weighted by Gasteiger charge is 2.10. The molecule has 0 unspecified atom stereocenters. The van der Waals surface area contributed by atoms with Gasteiger partial charge < -0.3 is 14.8 Å². The number of amides is 1. The van der Waals surface area contributed by atoms with E-state index < -0.39 is 24.3 Å². The number of benzene rings is 2. The monoisotopic (exact) mass is 331 g/mol. The average molecular weight is 331 g/mol. The molecule has 0 aromatic heterocycles. The summed E-state index contributed by atoms with van der Waals surface area (Å²) < 4.78 is 23.2. The summed E-state index contributed by atoms with van der Waals surface area (Å²) in [6, 6.07) is 11.1. The molecular weight excluding hydrogens is 313 g/mol. The fraction of sp³-hybridized carbons (Fsp3) is 0.222. The summed E-state index contributed by atoms with van der Waals surface area (Å²) in [6.07, 6.45) is 0. The number of carbonyl (C=O) groups excluding carboxylic acids is 2. The van der Waals surface area contributed by atoms with E-state index in [4.69, 9.17) is 9.47 Å². The van der Waals surface area contributed by atoms with Crippen LogP contribution in [-0.2, 0) is 14.3 Å². The van der Waals surface area contributed by atoms with Gasteiger partial charge >= 0.3 is 5.97 Å². The van der Waals surface area contributed by atoms with E-state index in [1.54, 1.807) is 0 Å². The van der Waals surface area contributed by atoms with Gasteiger partial charge in [0.2, 0.25) is 0 Å². The Morgan fingerprint density at radius 1 is 1.08 bits per heavy atom. The molecule has 0 aliphatic carbocycles. The number of rotatable bonds is 6. The Morgan fingerprint density at radius 2 is 1.88 bits per heavy atom. The minimum Gasteiger partial charge on any atom is -0.482 e. The molecular formula is C18H18FNO4. The molecule has 0 saturated carbocycles. The average Bonchev–Trinajstić information content (AvgIpc) is 2.54. The zero-order valence-electron chi connectivity index (χ0n) is 13.5. The van der Waals surface area contributed by atoms with Gasteiger partial charge in [0.05, 0.1) is 0 Å². The molecule has 0 aliphatic rings. The van der Waals surface area contributed by atoms with Crippen molar-refractivity contribution in [2.45, 2.75) is 13.8 Å². The maximum Gasteiger partial charge on any atom is 0.344 e. The van der Waals surface area contributed by atoms with E-state index in [2.05, 4.69) is 5.32 Å². The van der Waals surface area contributed by atoms with Crippen molar-refractivity contribution in [3.05, 3.63) is 59.4 Å². The lowest BCUT2D eigenvalue weighted by Gasteiger charge is -2.10. The van der Waals surface area contributed by atoms with Crippen molar-refractivity contribution >= 4 is 17.6 Å². The Hall–Kier alpha value is -2.89. The van der Waals surface area contributed by atoms with Crippen LogP contribution in [0.3, 0.4) is 0 Å². The molecule has 0 heterocycles. The van der Waals surface area contributed by atoms with Crippen molar-refractivity contribution in [1.29, 1.82) is 0 Å². The largest absolute Gasteiger partial charge is 0.482 e. The number of aryl methyl sites for hydroxylation is 2. The summed E-state index contributed by atoms with van der Waals surface area (Å²) in [6.45, 7) is 3.02. The number of anilines is 1. The zero-order chi connectivity index (χ0) is 17.5. The molecule has 0 aliphatic heterocycles. The minimum absolute atomic E-state index is 0.294. The number of hydrogen-bond acceptors (Lipinski definition) is 4. The van der Waals surface area contributed by atoms with Crippen LogP contribution < -0.4 is 10.1 Å². The van der Waals surface area contributed by atoms with E-state index in [0.29, 0.717) is 11.4 Å². The van der Waals surface area contributed by atoms with Gasteiger partial charge in [0, 0.05) is 5.69 Å². The predicted molar refractivity (Wildman–Crippen MR) is 87.4 cm³/mol. The molecule has 126 valence electrons. The fourth-order valence-corrected chi connectivity index (χ4v) is 1.95. The van der Waals surface area contributed by atoms with Crippen LogP contribution in [0.15, 0.2) is 42.5 Å². The zero-order valence-corrected chi connectivity index (χ0v) is 13.5. The summed E-state index contributed by atoms with van der Waals surface area (Å²) in [5.41, 5.74) is 2.21. The fourth-order valence-electron chi connectivity index (χ4n) is 1.95. The van der Waals surface area contributed by atoms with Gasteiger partial charge in [0.1, 0.15) is 11.6 Å². The van der Waals surface area contributed by atoms with E-state index >= 15 is 0 Å². The van der Waals surface area contributed by atoms with Crippen LogP contribution in [0.2, 0.25) is 0 Å². The standard InChI is InChI=1S/C18H18FNO4/c1-12-6-7-13(2)16(8-12)23-11-18(22)24-10-17(21)20-15-5-3-4-14(19)9-15/h3-9H,10-11H2,1-2H3,(H,20,21). The number of nitrogens with one attached hydrogen (secondary N) is 1. The molecule has 2 aromatic rings. The van der Waals surface area contributed by atoms with Crippen molar-refractivity contribution in [3.63, 3.8) is 0 Å². The van der Waals surface area contributed by atoms with Gasteiger partial charge in [-0.3, -0.25) is 4.79 Å². The van der Waals surface area contributed by atoms with Gasteiger partial charge in [-0.15, -0.1) is 0 Å². The molecule has 1 N–H and O–H groups in total. The highest BCUT2D eigenvalue weighted by molar-refractivity contribution is 5.92. The van der Waals surface area contributed by atoms with Crippen LogP contribution >= 0.6 is 0 Å². The van der Waals surface area contributed by atoms with Crippen molar-refractivity contribution in [2.75, 3.05) is 18.5 Å². The maximum atomic E-state index is 13.0. The molecule has 6 heteroatoms. The Balaban J connectivity index is 1.76. The third-order valence-electron chi connectivity index (χ3n) is 3.16. The first kappa shape index (κ1) is 17.5. The second kappa shape index (κ2) is 8.10. The first-order valence-corrected chi connectivity index (χ1v) is 7.35. The van der Waals surface area contributed by atoms with Crippen molar-refractivity contribution < 1.29 is 23.5 Å². The summed E-state index contributed by atoms with van der Waals surface area (Å²) in [5.74, 6) is -1.09. The minimum atomic E-state index is -0.662. The number of halogens is 1. The smallest absolute Gasteiger partial charge is 0.344 e. The van der Waals surface area contributed by atoms with E-state index in [9.17, 15) is 14.0 Å². The molecule has 1 amide bonds. The van der Waals surface area contributed by atoms with Crippen LogP contribution in [0.4, 0.5) is 10.1 Å². The first-order valence-electron chi connectivity index (χ1n) is 7.35. The summed E-state index contributed by atoms with van der Waals surface area (Å²) in [7, 11) is 0. The lowest BCUT2D eigenvalue weighted by Crippen LogP contribution is -2.23. The second-order valence-electron chi connectivity index (χ2n) is 5.28. The lowest BCUT2D eigenvalue weighted by molar-refractivity contribution is -0.149. The Bertz CT molecular complexity index is 746. The molecule has 2 rings (SSSR count). The van der Waals surface area contributed by atoms with Crippen molar-refractivity contribution in [2.24, 2.45) is 0 Å². The van der Waals surface area contributed by atoms with Gasteiger partial charge in [-0.05, 0) is 49.2 Å². The number of esters is 1. The highest BCUT2D eigenvalue weighted by Crippen LogP contribution is 2.18. The van der Waals surface area contributed by atoms with Gasteiger partial charge in [-0.2, -0.15) is 0 Å². The van der Waals surface area contributed by atoms with Crippen LogP contribution in [0.25, 0.3) is 0 Å². The quantitative estimate of drug-likeness (QED) is 0.827. The van der Waals surface area contributed by atoms with Gasteiger partial charge in [0.25, 0.3) is 5.91 Å². The van der Waals surface area contributed by atoms with Gasteiger partial charge in [-0.1, -0.05) is 18.2 Å². The topological polar surface area (TPSA) is 64.6 Å². The van der Waals surface area contributed by atoms with E-state index in [-0.39, 0.29) is 6.61 Å². The summed E-state index contributed by atoms with van der Waals surface area (Å²) >= 11 is 0. The molecule has 0 saturated heterocycles. The molecule has 2 aromatic carbocycles. The summed E-state index contributed by atoms with van der Waals surface area (Å²) in [5, 5.41) is 2.43. The van der Waals surface area contributed by atoms with Crippen molar-refractivity contribution in [3.8, 4) is 5.75 Å². The van der Waals surface area contributed by atoms with Crippen LogP contribution in [0, 0.1) is 19.7 Å². The maximum absolute atomic E-state index is 13.0. The SMILES string of the molecule is Cc1ccc(C)c(OCC(=O)OCC(=O)Nc2cccc(F)c2)c1. The van der Waals surface area contributed by atoms with Crippen LogP contribution in [0.5, 0.6) is 5.75 Å². The predicted octanol–water partition coefficient (Wildman–Crippen LogP) is 3.00. The molecule has 0 bridgehead atoms. The van der Waals surface area contributed by atoms with E-state index in [0.717, 1.165) is 11.1 Å². The van der Waals surface area contributed by atoms with Gasteiger partial charge in [0.15, 0.2) is 13.2 Å². The molecule has 0 radical (unpaired) electrons. The van der Waals surface area contributed by atoms with Crippen LogP contribution in [-0.4, -0.2) is 25.1 Å². The van der Waals surface area contributed by atoms with E-state index in [1.165, 1.54) is 24.3 Å². The van der Waals surface area contributed by atoms with E-state index in [1.807, 2.05) is 32.0 Å². The summed E-state index contributed by atoms with van der Waals surface area (Å²) in [4.78, 5) is 23.3. The van der Waals surface area contributed by atoms with Crippen molar-refractivity contribution in [1.82, 2.24) is 0 Å². The second-order valence-corrected chi connectivity index (χ2v) is 5.28. The number of ether oxygens (including phenoxy) is 2. The normalized spacial score (nSPS) is 10.1. The molecule has 0 fully saturated rings. The Kier molecular flexibility index (Phi) is 5.89. The molecule has 0 atom stereocenters. The first-order chi connectivity index (χ1) is 11.4. The molecule has 5 nitrogen and oxygen atoms in total. The highest BCUT2D eigenvalue weighted by atomic mass is 19.1. The third kappa shape index (κ3) is 5.39. The number of carbonyl (C=O) groups is 2.